The first-order valence-corrected chi connectivity index (χ1v) is 9.13. The van der Waals surface area contributed by atoms with Crippen LogP contribution in [0.4, 0.5) is 5.13 Å². The molecule has 1 amide bonds. The Morgan fingerprint density at radius 2 is 1.92 bits per heavy atom. The van der Waals surface area contributed by atoms with Crippen LogP contribution in [0.3, 0.4) is 0 Å². The third kappa shape index (κ3) is 4.54. The number of ether oxygens (including phenoxy) is 1. The van der Waals surface area contributed by atoms with E-state index < -0.39 is 0 Å². The first kappa shape index (κ1) is 17.4. The first-order chi connectivity index (χ1) is 12.2. The van der Waals surface area contributed by atoms with E-state index in [-0.39, 0.29) is 11.9 Å². The van der Waals surface area contributed by atoms with Gasteiger partial charge < -0.3 is 4.74 Å². The van der Waals surface area contributed by atoms with Gasteiger partial charge in [0, 0.05) is 11.0 Å². The molecule has 0 fully saturated rings. The Morgan fingerprint density at radius 1 is 1.16 bits per heavy atom. The lowest BCUT2D eigenvalue weighted by atomic mass is 10.1. The number of hydrogen-bond acceptors (Lipinski definition) is 5. The lowest BCUT2D eigenvalue weighted by Crippen LogP contribution is -2.07. The molecular formula is C19H20N2O3S. The Hall–Kier alpha value is -2.47. The van der Waals surface area contributed by atoms with Crippen LogP contribution in [0.5, 0.6) is 0 Å². The molecule has 1 aliphatic rings. The van der Waals surface area contributed by atoms with E-state index in [2.05, 4.69) is 15.0 Å². The van der Waals surface area contributed by atoms with Crippen LogP contribution in [0, 0.1) is 0 Å². The summed E-state index contributed by atoms with van der Waals surface area (Å²) in [5.74, 6) is -0.585. The van der Waals surface area contributed by atoms with Crippen LogP contribution in [0.2, 0.25) is 0 Å². The highest BCUT2D eigenvalue weighted by molar-refractivity contribution is 7.15. The topological polar surface area (TPSA) is 68.3 Å². The van der Waals surface area contributed by atoms with Crippen molar-refractivity contribution in [1.82, 2.24) is 4.98 Å². The highest BCUT2D eigenvalue weighted by atomic mass is 32.1. The Labute approximate surface area is 150 Å². The summed E-state index contributed by atoms with van der Waals surface area (Å²) in [5, 5.41) is 3.51. The quantitative estimate of drug-likeness (QED) is 0.513. The summed E-state index contributed by atoms with van der Waals surface area (Å²) in [5.41, 5.74) is 2.45. The summed E-state index contributed by atoms with van der Waals surface area (Å²) in [6.07, 6.45) is 8.86. The van der Waals surface area contributed by atoms with Gasteiger partial charge in [0.25, 0.3) is 0 Å². The second kappa shape index (κ2) is 8.07. The molecule has 130 valence electrons. The van der Waals surface area contributed by atoms with Gasteiger partial charge in [-0.05, 0) is 49.5 Å². The molecule has 5 nitrogen and oxygen atoms in total. The summed E-state index contributed by atoms with van der Waals surface area (Å²) in [6.45, 7) is 0. The zero-order chi connectivity index (χ0) is 17.6. The molecule has 0 atom stereocenters. The Morgan fingerprint density at radius 3 is 2.68 bits per heavy atom. The van der Waals surface area contributed by atoms with Crippen molar-refractivity contribution in [3.63, 3.8) is 0 Å². The van der Waals surface area contributed by atoms with Gasteiger partial charge in [-0.1, -0.05) is 18.6 Å². The van der Waals surface area contributed by atoms with E-state index in [4.69, 9.17) is 0 Å². The standard InChI is InChI=1S/C19H20N2O3S/c1-24-18(23)14-10-7-13(8-11-14)9-12-17(22)21-19-20-15-5-3-2-4-6-16(15)25-19/h7-12H,2-6H2,1H3,(H,20,21,22)/b12-9+. The third-order valence-electron chi connectivity index (χ3n) is 4.08. The van der Waals surface area contributed by atoms with Gasteiger partial charge in [-0.2, -0.15) is 0 Å². The Balaban J connectivity index is 1.60. The fraction of sp³-hybridized carbons (Fsp3) is 0.316. The largest absolute Gasteiger partial charge is 0.465 e. The van der Waals surface area contributed by atoms with Crippen LogP contribution in [0.25, 0.3) is 6.08 Å². The summed E-state index contributed by atoms with van der Waals surface area (Å²) in [7, 11) is 1.35. The molecule has 25 heavy (non-hydrogen) atoms. The van der Waals surface area contributed by atoms with Gasteiger partial charge in [0.05, 0.1) is 18.4 Å². The summed E-state index contributed by atoms with van der Waals surface area (Å²) in [4.78, 5) is 29.3. The number of aryl methyl sites for hydroxylation is 2. The molecule has 0 saturated heterocycles. The minimum atomic E-state index is -0.378. The summed E-state index contributed by atoms with van der Waals surface area (Å²) in [6, 6.07) is 6.87. The zero-order valence-corrected chi connectivity index (χ0v) is 14.9. The predicted octanol–water partition coefficient (Wildman–Crippen LogP) is 3.85. The van der Waals surface area contributed by atoms with Crippen LogP contribution in [0.1, 0.15) is 45.8 Å². The number of anilines is 1. The minimum absolute atomic E-state index is 0.207. The number of nitrogens with zero attached hydrogens (tertiary/aromatic N) is 1. The van der Waals surface area contributed by atoms with Crippen LogP contribution >= 0.6 is 11.3 Å². The normalized spacial score (nSPS) is 14.0. The number of rotatable bonds is 4. The zero-order valence-electron chi connectivity index (χ0n) is 14.1. The van der Waals surface area contributed by atoms with Crippen molar-refractivity contribution in [3.05, 3.63) is 52.0 Å². The lowest BCUT2D eigenvalue weighted by molar-refractivity contribution is -0.111. The number of nitrogens with one attached hydrogen (secondary N) is 1. The molecule has 0 spiro atoms. The molecule has 1 N–H and O–H groups in total. The average Bonchev–Trinajstić information content (AvgIpc) is 2.87. The smallest absolute Gasteiger partial charge is 0.337 e. The Bertz CT molecular complexity index is 770. The highest BCUT2D eigenvalue weighted by Gasteiger charge is 2.14. The maximum atomic E-state index is 12.1. The molecule has 1 aliphatic carbocycles. The highest BCUT2D eigenvalue weighted by Crippen LogP contribution is 2.28. The molecule has 1 aromatic heterocycles. The number of hydrogen-bond donors (Lipinski definition) is 1. The number of carbonyl (C=O) groups excluding carboxylic acids is 2. The molecule has 0 saturated carbocycles. The molecule has 0 unspecified atom stereocenters. The number of carbonyl (C=O) groups is 2. The molecular weight excluding hydrogens is 336 g/mol. The number of aromatic nitrogens is 1. The fourth-order valence-corrected chi connectivity index (χ4v) is 3.80. The number of benzene rings is 1. The monoisotopic (exact) mass is 356 g/mol. The van der Waals surface area contributed by atoms with E-state index in [9.17, 15) is 9.59 Å². The number of esters is 1. The summed E-state index contributed by atoms with van der Waals surface area (Å²) >= 11 is 1.58. The molecule has 3 rings (SSSR count). The van der Waals surface area contributed by atoms with E-state index >= 15 is 0 Å². The molecule has 6 heteroatoms. The molecule has 0 bridgehead atoms. The van der Waals surface area contributed by atoms with Gasteiger partial charge in [-0.25, -0.2) is 9.78 Å². The van der Waals surface area contributed by atoms with Gasteiger partial charge in [0.1, 0.15) is 0 Å². The Kier molecular flexibility index (Phi) is 5.60. The number of thiazole rings is 1. The molecule has 1 aromatic carbocycles. The number of methoxy groups -OCH3 is 1. The van der Waals surface area contributed by atoms with Gasteiger partial charge in [-0.3, -0.25) is 10.1 Å². The van der Waals surface area contributed by atoms with Crippen molar-refractivity contribution in [3.8, 4) is 0 Å². The van der Waals surface area contributed by atoms with Crippen molar-refractivity contribution in [2.24, 2.45) is 0 Å². The van der Waals surface area contributed by atoms with Crippen LogP contribution in [-0.4, -0.2) is 24.0 Å². The van der Waals surface area contributed by atoms with Crippen LogP contribution in [-0.2, 0) is 22.4 Å². The van der Waals surface area contributed by atoms with Crippen LogP contribution in [0.15, 0.2) is 30.3 Å². The molecule has 0 radical (unpaired) electrons. The molecule has 0 aliphatic heterocycles. The van der Waals surface area contributed by atoms with Crippen molar-refractivity contribution in [2.45, 2.75) is 32.1 Å². The van der Waals surface area contributed by atoms with Gasteiger partial charge in [0.15, 0.2) is 5.13 Å². The number of amides is 1. The van der Waals surface area contributed by atoms with Crippen molar-refractivity contribution >= 4 is 34.4 Å². The van der Waals surface area contributed by atoms with Crippen LogP contribution < -0.4 is 5.32 Å². The van der Waals surface area contributed by atoms with Gasteiger partial charge in [-0.15, -0.1) is 11.3 Å². The summed E-state index contributed by atoms with van der Waals surface area (Å²) < 4.78 is 4.66. The SMILES string of the molecule is COC(=O)c1ccc(/C=C/C(=O)Nc2nc3c(s2)CCCCC3)cc1. The third-order valence-corrected chi connectivity index (χ3v) is 5.16. The van der Waals surface area contributed by atoms with E-state index in [1.165, 1.54) is 37.3 Å². The van der Waals surface area contributed by atoms with E-state index in [0.717, 1.165) is 24.1 Å². The maximum absolute atomic E-state index is 12.1. The average molecular weight is 356 g/mol. The molecule has 2 aromatic rings. The fourth-order valence-electron chi connectivity index (χ4n) is 2.75. The van der Waals surface area contributed by atoms with Gasteiger partial charge in [0.2, 0.25) is 5.91 Å². The predicted molar refractivity (Wildman–Crippen MR) is 98.8 cm³/mol. The van der Waals surface area contributed by atoms with E-state index in [1.54, 1.807) is 41.7 Å². The minimum Gasteiger partial charge on any atom is -0.465 e. The first-order valence-electron chi connectivity index (χ1n) is 8.32. The second-order valence-electron chi connectivity index (χ2n) is 5.89. The van der Waals surface area contributed by atoms with Crippen molar-refractivity contribution < 1.29 is 14.3 Å². The lowest BCUT2D eigenvalue weighted by Gasteiger charge is -1.99. The maximum Gasteiger partial charge on any atom is 0.337 e. The molecule has 1 heterocycles. The van der Waals surface area contributed by atoms with Gasteiger partial charge >= 0.3 is 5.97 Å². The van der Waals surface area contributed by atoms with Crippen molar-refractivity contribution in [2.75, 3.05) is 12.4 Å². The second-order valence-corrected chi connectivity index (χ2v) is 6.97. The van der Waals surface area contributed by atoms with E-state index in [1.807, 2.05) is 0 Å². The van der Waals surface area contributed by atoms with Crippen molar-refractivity contribution in [1.29, 1.82) is 0 Å². The van der Waals surface area contributed by atoms with E-state index in [0.29, 0.717) is 10.7 Å². The number of fused-ring (bicyclic) bond motifs is 1.